The molecule has 0 aliphatic carbocycles. The molecule has 3 heteroatoms. The summed E-state index contributed by atoms with van der Waals surface area (Å²) in [6.45, 7) is 0. The minimum Gasteiger partial charge on any atom is -0.780 e. The van der Waals surface area contributed by atoms with Crippen molar-refractivity contribution in [1.29, 1.82) is 0 Å². The summed E-state index contributed by atoms with van der Waals surface area (Å²) in [5.41, 5.74) is 0. The molecule has 0 aliphatic heterocycles. The smallest absolute Gasteiger partial charge is 0.0213 e. The highest BCUT2D eigenvalue weighted by Gasteiger charge is 1.81. The van der Waals surface area contributed by atoms with Crippen LogP contribution in [0.5, 0.6) is 0 Å². The largest absolute Gasteiger partial charge is 0.780 e. The third-order valence-corrected chi connectivity index (χ3v) is 1.94. The zero-order valence-electron chi connectivity index (χ0n) is 4.43. The summed E-state index contributed by atoms with van der Waals surface area (Å²) in [6.07, 6.45) is 0. The van der Waals surface area contributed by atoms with E-state index in [2.05, 4.69) is 0 Å². The van der Waals surface area contributed by atoms with Gasteiger partial charge in [0, 0.05) is 5.02 Å². The molecule has 0 unspecified atom stereocenters. The van der Waals surface area contributed by atoms with Crippen LogP contribution in [0.4, 0.5) is 0 Å². The highest BCUT2D eigenvalue weighted by molar-refractivity contribution is 7.59. The van der Waals surface area contributed by atoms with Crippen LogP contribution in [0.1, 0.15) is 0 Å². The second-order valence-electron chi connectivity index (χ2n) is 1.59. The van der Waals surface area contributed by atoms with Gasteiger partial charge in [-0.25, -0.2) is 0 Å². The van der Waals surface area contributed by atoms with E-state index < -0.39 is 0 Å². The van der Waals surface area contributed by atoms with E-state index in [4.69, 9.17) is 36.9 Å². The number of hydrogen-bond donors (Lipinski definition) is 0. The Kier molecular flexibility index (Phi) is 2.11. The van der Waals surface area contributed by atoms with Crippen LogP contribution in [0, 0.1) is 0 Å². The zero-order chi connectivity index (χ0) is 6.85. The molecule has 0 bridgehead atoms. The molecular weight excluding hydrogens is 172 g/mol. The molecule has 0 saturated carbocycles. The van der Waals surface area contributed by atoms with Gasteiger partial charge in [0.15, 0.2) is 0 Å². The van der Waals surface area contributed by atoms with Crippen LogP contribution in [0.25, 0.3) is 0 Å². The maximum Gasteiger partial charge on any atom is 0.0213 e. The van der Waals surface area contributed by atoms with E-state index in [9.17, 15) is 0 Å². The minimum absolute atomic E-state index is 0.596. The molecule has 9 heavy (non-hydrogen) atoms. The van der Waals surface area contributed by atoms with Crippen LogP contribution in [-0.2, 0) is 25.3 Å². The molecule has 0 aromatic heterocycles. The molecule has 0 aliphatic rings. The molecule has 0 atom stereocenters. The summed E-state index contributed by atoms with van der Waals surface area (Å²) in [5.74, 6) is 0. The van der Waals surface area contributed by atoms with Gasteiger partial charge in [0.25, 0.3) is 0 Å². The van der Waals surface area contributed by atoms with E-state index in [1.165, 1.54) is 0 Å². The minimum atomic E-state index is 0.596. The summed E-state index contributed by atoms with van der Waals surface area (Å²) in [5, 5.41) is 0.596. The van der Waals surface area contributed by atoms with E-state index in [0.29, 0.717) is 9.92 Å². The van der Waals surface area contributed by atoms with Gasteiger partial charge >= 0.3 is 0 Å². The van der Waals surface area contributed by atoms with Crippen LogP contribution in [-0.4, -0.2) is 0 Å². The quantitative estimate of drug-likeness (QED) is 0.553. The molecule has 48 valence electrons. The lowest BCUT2D eigenvalue weighted by molar-refractivity contribution is 1.34. The van der Waals surface area contributed by atoms with E-state index in [1.54, 1.807) is 18.2 Å². The molecule has 0 radical (unpaired) electrons. The maximum atomic E-state index is 5.63. The van der Waals surface area contributed by atoms with Crippen molar-refractivity contribution in [3.63, 3.8) is 0 Å². The second-order valence-corrected chi connectivity index (χ2v) is 2.91. The molecule has 0 N–H and O–H groups in total. The third-order valence-electron chi connectivity index (χ3n) is 0.903. The standard InChI is InChI=1S/C6H5ClS2/c7-5-2-1-4(8)3-6(5)9/h1-3,8-9H/p-2. The van der Waals surface area contributed by atoms with E-state index in [1.807, 2.05) is 0 Å². The Labute approximate surface area is 70.0 Å². The van der Waals surface area contributed by atoms with Crippen molar-refractivity contribution in [2.45, 2.75) is 9.79 Å². The highest BCUT2D eigenvalue weighted by atomic mass is 35.5. The van der Waals surface area contributed by atoms with Crippen molar-refractivity contribution in [2.24, 2.45) is 0 Å². The molecule has 1 aromatic carbocycles. The predicted octanol–water partition coefficient (Wildman–Crippen LogP) is 2.15. The predicted molar refractivity (Wildman–Crippen MR) is 42.7 cm³/mol. The van der Waals surface area contributed by atoms with Gasteiger partial charge in [0.2, 0.25) is 0 Å². The number of benzene rings is 1. The normalized spacial score (nSPS) is 9.44. The fourth-order valence-corrected chi connectivity index (χ4v) is 1.06. The molecule has 0 saturated heterocycles. The van der Waals surface area contributed by atoms with Gasteiger partial charge in [-0.3, -0.25) is 0 Å². The average molecular weight is 175 g/mol. The van der Waals surface area contributed by atoms with Gasteiger partial charge in [-0.15, -0.1) is 0 Å². The topological polar surface area (TPSA) is 0 Å². The Hall–Kier alpha value is -0.0500. The van der Waals surface area contributed by atoms with Crippen molar-refractivity contribution >= 4 is 36.9 Å². The Morgan fingerprint density at radius 3 is 2.33 bits per heavy atom. The van der Waals surface area contributed by atoms with Crippen LogP contribution in [0.3, 0.4) is 0 Å². The lowest BCUT2D eigenvalue weighted by Gasteiger charge is -2.13. The van der Waals surface area contributed by atoms with Crippen LogP contribution >= 0.6 is 11.6 Å². The van der Waals surface area contributed by atoms with Crippen molar-refractivity contribution < 1.29 is 0 Å². The van der Waals surface area contributed by atoms with Crippen molar-refractivity contribution in [2.75, 3.05) is 0 Å². The van der Waals surface area contributed by atoms with Gasteiger partial charge in [-0.2, -0.15) is 9.79 Å². The molecule has 0 amide bonds. The summed E-state index contributed by atoms with van der Waals surface area (Å²) >= 11 is 15.3. The fourth-order valence-electron chi connectivity index (χ4n) is 0.484. The first-order chi connectivity index (χ1) is 4.20. The monoisotopic (exact) mass is 174 g/mol. The number of hydrogen-bond acceptors (Lipinski definition) is 2. The Morgan fingerprint density at radius 2 is 1.89 bits per heavy atom. The molecule has 0 fully saturated rings. The molecule has 0 heterocycles. The van der Waals surface area contributed by atoms with Crippen molar-refractivity contribution in [3.05, 3.63) is 23.2 Å². The summed E-state index contributed by atoms with van der Waals surface area (Å²) in [7, 11) is 0. The third kappa shape index (κ3) is 1.68. The average Bonchev–Trinajstić information content (AvgIpc) is 1.80. The number of halogens is 1. The van der Waals surface area contributed by atoms with Crippen molar-refractivity contribution in [1.82, 2.24) is 0 Å². The van der Waals surface area contributed by atoms with Crippen LogP contribution in [0.2, 0.25) is 5.02 Å². The lowest BCUT2D eigenvalue weighted by atomic mass is 10.4. The highest BCUT2D eigenvalue weighted by Crippen LogP contribution is 2.15. The lowest BCUT2D eigenvalue weighted by Crippen LogP contribution is -1.74. The van der Waals surface area contributed by atoms with Gasteiger partial charge in [0.05, 0.1) is 0 Å². The zero-order valence-corrected chi connectivity index (χ0v) is 6.82. The molecule has 0 spiro atoms. The number of rotatable bonds is 0. The first kappa shape index (κ1) is 7.06. The molecule has 0 nitrogen and oxygen atoms in total. The van der Waals surface area contributed by atoms with Gasteiger partial charge < -0.3 is 25.3 Å². The molecule has 1 rings (SSSR count). The first-order valence-electron chi connectivity index (χ1n) is 2.34. The Morgan fingerprint density at radius 1 is 1.22 bits per heavy atom. The van der Waals surface area contributed by atoms with E-state index in [0.717, 1.165) is 4.90 Å². The van der Waals surface area contributed by atoms with Gasteiger partial charge in [-0.05, 0) is 6.07 Å². The Balaban J connectivity index is 3.17. The summed E-state index contributed by atoms with van der Waals surface area (Å²) in [6, 6.07) is 5.17. The fraction of sp³-hybridized carbons (Fsp3) is 0. The molecule has 1 aromatic rings. The Bertz CT molecular complexity index is 222. The maximum absolute atomic E-state index is 5.63. The summed E-state index contributed by atoms with van der Waals surface area (Å²) in [4.78, 5) is 1.37. The van der Waals surface area contributed by atoms with Crippen LogP contribution < -0.4 is 0 Å². The van der Waals surface area contributed by atoms with Crippen molar-refractivity contribution in [3.8, 4) is 0 Å². The SMILES string of the molecule is [S-]c1ccc(Cl)c([S-])c1. The van der Waals surface area contributed by atoms with Gasteiger partial charge in [0.1, 0.15) is 0 Å². The van der Waals surface area contributed by atoms with Gasteiger partial charge in [-0.1, -0.05) is 23.7 Å². The van der Waals surface area contributed by atoms with E-state index in [-0.39, 0.29) is 0 Å². The van der Waals surface area contributed by atoms with Crippen LogP contribution in [0.15, 0.2) is 28.0 Å². The van der Waals surface area contributed by atoms with E-state index >= 15 is 0 Å². The first-order valence-corrected chi connectivity index (χ1v) is 3.53. The molecular formula is C6H3ClS2-2. The second kappa shape index (κ2) is 2.69. The summed E-state index contributed by atoms with van der Waals surface area (Å²) < 4.78 is 0.